The molecule has 0 unspecified atom stereocenters. The number of anilines is 3. The van der Waals surface area contributed by atoms with Crippen LogP contribution in [0.5, 0.6) is 46.0 Å². The van der Waals surface area contributed by atoms with Gasteiger partial charge in [-0.15, -0.1) is 5.12 Å². The lowest BCUT2D eigenvalue weighted by atomic mass is 10.1. The first kappa shape index (κ1) is 39.1. The molecule has 0 bridgehead atoms. The van der Waals surface area contributed by atoms with Crippen LogP contribution in [-0.2, 0) is 11.2 Å². The van der Waals surface area contributed by atoms with Crippen LogP contribution in [0.25, 0.3) is 42.2 Å². The summed E-state index contributed by atoms with van der Waals surface area (Å²) < 4.78 is 67.3. The van der Waals surface area contributed by atoms with Crippen molar-refractivity contribution < 1.29 is 42.1 Å². The van der Waals surface area contributed by atoms with E-state index in [9.17, 15) is 4.79 Å². The number of nitrogens with one attached hydrogen (secondary N) is 1. The summed E-state index contributed by atoms with van der Waals surface area (Å²) in [5.41, 5.74) is 2.79. The van der Waals surface area contributed by atoms with Crippen LogP contribution in [0.1, 0.15) is 5.56 Å². The van der Waals surface area contributed by atoms with E-state index < -0.39 is 5.82 Å². The molecule has 306 valence electrons. The number of rotatable bonds is 13. The number of fused-ring (bicyclic) bond motifs is 4. The zero-order valence-corrected chi connectivity index (χ0v) is 34.3. The van der Waals surface area contributed by atoms with Crippen molar-refractivity contribution in [3.8, 4) is 46.0 Å². The molecule has 0 aliphatic carbocycles. The summed E-state index contributed by atoms with van der Waals surface area (Å²) in [6.07, 6.45) is 3.23. The summed E-state index contributed by atoms with van der Waals surface area (Å²) in [4.78, 5) is 31.2. The Kier molecular flexibility index (Phi) is 10.5. The Morgan fingerprint density at radius 1 is 0.639 bits per heavy atom. The third-order valence-electron chi connectivity index (χ3n) is 9.57. The highest BCUT2D eigenvalue weighted by atomic mass is 32.1. The Labute approximate surface area is 353 Å². The molecule has 0 atom stereocenters. The molecular formula is C44H32F2N6O7S2. The van der Waals surface area contributed by atoms with Crippen LogP contribution < -0.4 is 38.9 Å². The number of benzene rings is 5. The third-order valence-corrected chi connectivity index (χ3v) is 11.5. The molecule has 4 heterocycles. The van der Waals surface area contributed by atoms with E-state index >= 15 is 8.87 Å². The topological polar surface area (TPSA) is 139 Å². The summed E-state index contributed by atoms with van der Waals surface area (Å²) in [6.45, 7) is 0. The quantitative estimate of drug-likeness (QED) is 0.110. The van der Waals surface area contributed by atoms with Crippen LogP contribution in [0.15, 0.2) is 103 Å². The van der Waals surface area contributed by atoms with Crippen molar-refractivity contribution in [1.29, 1.82) is 0 Å². The molecule has 0 spiro atoms. The van der Waals surface area contributed by atoms with Crippen molar-refractivity contribution >= 4 is 86.8 Å². The maximum atomic E-state index is 16.5. The number of methoxy groups -OCH3 is 4. The smallest absolute Gasteiger partial charge is 0.228 e. The number of amides is 1. The standard InChI is InChI=1S/C44H32F2N6O7S2/c1-54-35-17-25-28(20-37(35)56-3)47-12-10-32(25)58-24-15-31(49-41(53)14-23-8-6-5-7-9-23)42-40(16-24)61-44(51-42)52(46)43-50-30-19-27(45)34(22-39(30)60-43)59-33-11-13-48-29-21-38(57-4)36(55-2)18-26(29)33/h5-13,15-22H,14H2,1-4H3,(H,49,53). The third kappa shape index (κ3) is 7.67. The number of carbonyl (C=O) groups excluding carboxylic acids is 1. The molecule has 0 radical (unpaired) electrons. The van der Waals surface area contributed by atoms with Crippen molar-refractivity contribution in [1.82, 2.24) is 19.9 Å². The molecule has 9 aromatic rings. The maximum Gasteiger partial charge on any atom is 0.228 e. The zero-order valence-electron chi connectivity index (χ0n) is 32.7. The normalized spacial score (nSPS) is 11.2. The van der Waals surface area contributed by atoms with Gasteiger partial charge in [0.05, 0.1) is 66.5 Å². The van der Waals surface area contributed by atoms with E-state index in [1.807, 2.05) is 30.3 Å². The first-order chi connectivity index (χ1) is 29.7. The van der Waals surface area contributed by atoms with Gasteiger partial charge in [0.2, 0.25) is 16.2 Å². The monoisotopic (exact) mass is 858 g/mol. The Hall–Kier alpha value is -7.37. The lowest BCUT2D eigenvalue weighted by Crippen LogP contribution is -2.14. The van der Waals surface area contributed by atoms with E-state index in [2.05, 4.69) is 25.3 Å². The van der Waals surface area contributed by atoms with Gasteiger partial charge < -0.3 is 33.7 Å². The fourth-order valence-corrected chi connectivity index (χ4v) is 8.55. The molecule has 61 heavy (non-hydrogen) atoms. The van der Waals surface area contributed by atoms with Crippen LogP contribution in [0, 0.1) is 5.82 Å². The Bertz CT molecular complexity index is 3130. The molecule has 1 N–H and O–H groups in total. The molecule has 9 rings (SSSR count). The van der Waals surface area contributed by atoms with Gasteiger partial charge in [-0.05, 0) is 29.8 Å². The van der Waals surface area contributed by atoms with E-state index in [1.165, 1.54) is 39.7 Å². The van der Waals surface area contributed by atoms with E-state index in [-0.39, 0.29) is 33.9 Å². The number of nitrogens with zero attached hydrogens (tertiary/aromatic N) is 5. The van der Waals surface area contributed by atoms with Crippen molar-refractivity contribution in [2.24, 2.45) is 0 Å². The number of halogens is 2. The van der Waals surface area contributed by atoms with Crippen LogP contribution in [0.2, 0.25) is 0 Å². The molecule has 0 saturated heterocycles. The molecule has 13 nitrogen and oxygen atoms in total. The summed E-state index contributed by atoms with van der Waals surface area (Å²) >= 11 is 1.99. The Morgan fingerprint density at radius 2 is 1.23 bits per heavy atom. The highest BCUT2D eigenvalue weighted by Crippen LogP contribution is 2.44. The highest BCUT2D eigenvalue weighted by molar-refractivity contribution is 7.24. The van der Waals surface area contributed by atoms with Crippen molar-refractivity contribution in [3.63, 3.8) is 0 Å². The number of thiazole rings is 2. The molecule has 0 aliphatic rings. The number of ether oxygens (including phenoxy) is 6. The number of aromatic nitrogens is 4. The van der Waals surface area contributed by atoms with Crippen LogP contribution in [0.4, 0.5) is 24.8 Å². The largest absolute Gasteiger partial charge is 0.493 e. The summed E-state index contributed by atoms with van der Waals surface area (Å²) in [6, 6.07) is 25.5. The molecule has 0 aliphatic heterocycles. The van der Waals surface area contributed by atoms with E-state index in [1.54, 1.807) is 61.8 Å². The second-order valence-electron chi connectivity index (χ2n) is 13.3. The Balaban J connectivity index is 1.05. The van der Waals surface area contributed by atoms with Gasteiger partial charge in [-0.3, -0.25) is 14.8 Å². The summed E-state index contributed by atoms with van der Waals surface area (Å²) in [5, 5.41) is 4.30. The maximum absolute atomic E-state index is 16.5. The van der Waals surface area contributed by atoms with Gasteiger partial charge in [-0.2, -0.15) is 0 Å². The van der Waals surface area contributed by atoms with Gasteiger partial charge in [-0.25, -0.2) is 14.4 Å². The fourth-order valence-electron chi connectivity index (χ4n) is 6.69. The highest BCUT2D eigenvalue weighted by Gasteiger charge is 2.23. The van der Waals surface area contributed by atoms with Gasteiger partial charge in [0, 0.05) is 59.6 Å². The van der Waals surface area contributed by atoms with Crippen molar-refractivity contribution in [2.45, 2.75) is 6.42 Å². The van der Waals surface area contributed by atoms with Gasteiger partial charge in [-0.1, -0.05) is 57.5 Å². The molecule has 4 aromatic heterocycles. The molecule has 1 amide bonds. The van der Waals surface area contributed by atoms with E-state index in [0.717, 1.165) is 28.2 Å². The van der Waals surface area contributed by atoms with Crippen molar-refractivity contribution in [2.75, 3.05) is 38.9 Å². The van der Waals surface area contributed by atoms with E-state index in [0.29, 0.717) is 87.8 Å². The number of hydrogen-bond donors (Lipinski definition) is 1. The molecule has 0 saturated carbocycles. The van der Waals surface area contributed by atoms with E-state index in [4.69, 9.17) is 28.4 Å². The first-order valence-corrected chi connectivity index (χ1v) is 20.1. The molecule has 0 fully saturated rings. The second kappa shape index (κ2) is 16.4. The second-order valence-corrected chi connectivity index (χ2v) is 15.3. The van der Waals surface area contributed by atoms with Gasteiger partial charge in [0.25, 0.3) is 0 Å². The van der Waals surface area contributed by atoms with Crippen LogP contribution >= 0.6 is 22.7 Å². The Morgan fingerprint density at radius 3 is 1.87 bits per heavy atom. The van der Waals surface area contributed by atoms with Gasteiger partial charge >= 0.3 is 0 Å². The molecular weight excluding hydrogens is 827 g/mol. The summed E-state index contributed by atoms with van der Waals surface area (Å²) in [5.74, 6) is 1.91. The lowest BCUT2D eigenvalue weighted by molar-refractivity contribution is -0.115. The fraction of sp³-hybridized carbons (Fsp3) is 0.114. The van der Waals surface area contributed by atoms with Crippen LogP contribution in [0.3, 0.4) is 0 Å². The lowest BCUT2D eigenvalue weighted by Gasteiger charge is -2.13. The number of pyridine rings is 2. The number of hydrogen-bond acceptors (Lipinski definition) is 14. The number of carbonyl (C=O) groups is 1. The van der Waals surface area contributed by atoms with Crippen molar-refractivity contribution in [3.05, 3.63) is 115 Å². The average Bonchev–Trinajstić information content (AvgIpc) is 3.90. The minimum Gasteiger partial charge on any atom is -0.493 e. The summed E-state index contributed by atoms with van der Waals surface area (Å²) in [7, 11) is 6.11. The predicted molar refractivity (Wildman–Crippen MR) is 231 cm³/mol. The zero-order chi connectivity index (χ0) is 42.2. The van der Waals surface area contributed by atoms with Gasteiger partial charge in [0.15, 0.2) is 34.6 Å². The minimum absolute atomic E-state index is 0.0828. The SMILES string of the molecule is COc1cc2nccc(Oc3cc(NC(=O)Cc4ccccc4)c4nc(N(F)c5nc6cc(F)c(Oc7ccnc8cc(OC)c(OC)cc78)cc6s5)sc4c3)c2cc1OC. The predicted octanol–water partition coefficient (Wildman–Crippen LogP) is 11.0. The first-order valence-electron chi connectivity index (χ1n) is 18.4. The minimum atomic E-state index is -0.705. The average molecular weight is 859 g/mol. The van der Waals surface area contributed by atoms with Gasteiger partial charge in [0.1, 0.15) is 22.8 Å². The molecule has 17 heteroatoms. The molecule has 5 aromatic carbocycles. The van der Waals surface area contributed by atoms with Crippen LogP contribution in [-0.4, -0.2) is 54.3 Å².